The lowest BCUT2D eigenvalue weighted by atomic mass is 10.2. The first-order valence-electron chi connectivity index (χ1n) is 4.19. The predicted molar refractivity (Wildman–Crippen MR) is 48.4 cm³/mol. The normalized spacial score (nSPS) is 10.0. The molecular formula is C9H17NO2. The van der Waals surface area contributed by atoms with E-state index in [9.17, 15) is 4.79 Å². The summed E-state index contributed by atoms with van der Waals surface area (Å²) >= 11 is 0. The van der Waals surface area contributed by atoms with Crippen LogP contribution in [0.1, 0.15) is 27.2 Å². The van der Waals surface area contributed by atoms with Gasteiger partial charge >= 0.3 is 5.97 Å². The summed E-state index contributed by atoms with van der Waals surface area (Å²) in [6.45, 7) is 10.2. The molecule has 0 unspecified atom stereocenters. The van der Waals surface area contributed by atoms with Crippen LogP contribution in [0.5, 0.6) is 0 Å². The minimum absolute atomic E-state index is 0.363. The summed E-state index contributed by atoms with van der Waals surface area (Å²) < 4.78 is 0. The van der Waals surface area contributed by atoms with Crippen molar-refractivity contribution in [3.63, 3.8) is 0 Å². The van der Waals surface area contributed by atoms with Crippen molar-refractivity contribution < 1.29 is 9.63 Å². The molecule has 0 fully saturated rings. The van der Waals surface area contributed by atoms with Crippen molar-refractivity contribution in [1.82, 2.24) is 5.48 Å². The number of hydrogen-bond donors (Lipinski definition) is 1. The van der Waals surface area contributed by atoms with Gasteiger partial charge in [0.2, 0.25) is 0 Å². The van der Waals surface area contributed by atoms with Gasteiger partial charge in [0.25, 0.3) is 0 Å². The van der Waals surface area contributed by atoms with Crippen LogP contribution in [0.4, 0.5) is 0 Å². The molecule has 70 valence electrons. The standard InChI is InChI=1S/C9H17NO2/c1-5-8(4)9(11)12-10-6-7(2)3/h7,10H,4-6H2,1-3H3. The van der Waals surface area contributed by atoms with Crippen LogP contribution in [-0.4, -0.2) is 12.5 Å². The monoisotopic (exact) mass is 171 g/mol. The number of carbonyl (C=O) groups excluding carboxylic acids is 1. The fraction of sp³-hybridized carbons (Fsp3) is 0.667. The van der Waals surface area contributed by atoms with E-state index in [-0.39, 0.29) is 5.97 Å². The second-order valence-corrected chi connectivity index (χ2v) is 3.09. The lowest BCUT2D eigenvalue weighted by Gasteiger charge is -2.07. The van der Waals surface area contributed by atoms with Gasteiger partial charge in [-0.1, -0.05) is 27.4 Å². The topological polar surface area (TPSA) is 38.3 Å². The fourth-order valence-electron chi connectivity index (χ4n) is 0.490. The molecule has 0 aliphatic carbocycles. The molecule has 0 amide bonds. The maximum atomic E-state index is 11.0. The van der Waals surface area contributed by atoms with Gasteiger partial charge in [0.15, 0.2) is 0 Å². The van der Waals surface area contributed by atoms with Crippen molar-refractivity contribution in [3.05, 3.63) is 12.2 Å². The third-order valence-electron chi connectivity index (χ3n) is 1.37. The number of nitrogens with one attached hydrogen (secondary N) is 1. The molecule has 3 heteroatoms. The summed E-state index contributed by atoms with van der Waals surface area (Å²) in [7, 11) is 0. The van der Waals surface area contributed by atoms with E-state index in [1.807, 2.05) is 20.8 Å². The maximum Gasteiger partial charge on any atom is 0.352 e. The SMILES string of the molecule is C=C(CC)C(=O)ONCC(C)C. The van der Waals surface area contributed by atoms with Gasteiger partial charge in [-0.25, -0.2) is 4.79 Å². The Bertz CT molecular complexity index is 164. The van der Waals surface area contributed by atoms with Gasteiger partial charge in [-0.05, 0) is 12.3 Å². The van der Waals surface area contributed by atoms with E-state index in [0.29, 0.717) is 24.5 Å². The quantitative estimate of drug-likeness (QED) is 0.505. The Labute approximate surface area is 73.7 Å². The van der Waals surface area contributed by atoms with Crippen molar-refractivity contribution in [2.45, 2.75) is 27.2 Å². The first-order chi connectivity index (χ1) is 5.57. The van der Waals surface area contributed by atoms with Gasteiger partial charge in [0.1, 0.15) is 0 Å². The summed E-state index contributed by atoms with van der Waals surface area (Å²) in [4.78, 5) is 15.7. The van der Waals surface area contributed by atoms with Crippen molar-refractivity contribution in [3.8, 4) is 0 Å². The first-order valence-corrected chi connectivity index (χ1v) is 4.19. The average molecular weight is 171 g/mol. The molecule has 0 aliphatic rings. The molecule has 1 N–H and O–H groups in total. The van der Waals surface area contributed by atoms with Gasteiger partial charge in [-0.15, -0.1) is 0 Å². The zero-order valence-electron chi connectivity index (χ0n) is 8.02. The minimum atomic E-state index is -0.363. The highest BCUT2D eigenvalue weighted by atomic mass is 16.7. The highest BCUT2D eigenvalue weighted by Gasteiger charge is 2.05. The Balaban J connectivity index is 3.51. The molecule has 0 saturated carbocycles. The third-order valence-corrected chi connectivity index (χ3v) is 1.37. The summed E-state index contributed by atoms with van der Waals surface area (Å²) in [5.41, 5.74) is 3.08. The second-order valence-electron chi connectivity index (χ2n) is 3.09. The Hall–Kier alpha value is -0.830. The summed E-state index contributed by atoms with van der Waals surface area (Å²) in [6, 6.07) is 0. The molecule has 0 bridgehead atoms. The van der Waals surface area contributed by atoms with Gasteiger partial charge in [-0.2, -0.15) is 5.48 Å². The van der Waals surface area contributed by atoms with Gasteiger partial charge in [0, 0.05) is 12.1 Å². The van der Waals surface area contributed by atoms with E-state index < -0.39 is 0 Å². The molecular weight excluding hydrogens is 154 g/mol. The van der Waals surface area contributed by atoms with E-state index in [1.54, 1.807) is 0 Å². The lowest BCUT2D eigenvalue weighted by molar-refractivity contribution is -0.146. The summed E-state index contributed by atoms with van der Waals surface area (Å²) in [5.74, 6) is 0.103. The van der Waals surface area contributed by atoms with E-state index in [4.69, 9.17) is 4.84 Å². The molecule has 0 heterocycles. The summed E-state index contributed by atoms with van der Waals surface area (Å²) in [6.07, 6.45) is 0.627. The third kappa shape index (κ3) is 4.91. The van der Waals surface area contributed by atoms with Crippen LogP contribution in [-0.2, 0) is 9.63 Å². The molecule has 0 spiro atoms. The molecule has 0 radical (unpaired) electrons. The molecule has 12 heavy (non-hydrogen) atoms. The van der Waals surface area contributed by atoms with E-state index >= 15 is 0 Å². The number of hydroxylamine groups is 1. The Morgan fingerprint density at radius 2 is 2.17 bits per heavy atom. The highest BCUT2D eigenvalue weighted by molar-refractivity contribution is 5.87. The number of rotatable bonds is 5. The van der Waals surface area contributed by atoms with Crippen LogP contribution in [0.15, 0.2) is 12.2 Å². The van der Waals surface area contributed by atoms with Crippen molar-refractivity contribution in [1.29, 1.82) is 0 Å². The van der Waals surface area contributed by atoms with Crippen LogP contribution >= 0.6 is 0 Å². The average Bonchev–Trinajstić information content (AvgIpc) is 2.02. The first kappa shape index (κ1) is 11.2. The molecule has 0 aromatic heterocycles. The van der Waals surface area contributed by atoms with Crippen molar-refractivity contribution >= 4 is 5.97 Å². The highest BCUT2D eigenvalue weighted by Crippen LogP contribution is 1.98. The fourth-order valence-corrected chi connectivity index (χ4v) is 0.490. The van der Waals surface area contributed by atoms with Gasteiger partial charge in [-0.3, -0.25) is 0 Å². The van der Waals surface area contributed by atoms with Crippen molar-refractivity contribution in [2.24, 2.45) is 5.92 Å². The van der Waals surface area contributed by atoms with Gasteiger partial charge < -0.3 is 4.84 Å². The molecule has 0 aromatic carbocycles. The van der Waals surface area contributed by atoms with Crippen molar-refractivity contribution in [2.75, 3.05) is 6.54 Å². The zero-order valence-corrected chi connectivity index (χ0v) is 8.02. The van der Waals surface area contributed by atoms with Crippen LogP contribution in [0, 0.1) is 5.92 Å². The molecule has 0 atom stereocenters. The predicted octanol–water partition coefficient (Wildman–Crippen LogP) is 1.66. The Kier molecular flexibility index (Phi) is 5.37. The summed E-state index contributed by atoms with van der Waals surface area (Å²) in [5, 5.41) is 0. The Morgan fingerprint density at radius 1 is 1.58 bits per heavy atom. The smallest absolute Gasteiger partial charge is 0.352 e. The molecule has 0 saturated heterocycles. The zero-order chi connectivity index (χ0) is 9.56. The molecule has 3 nitrogen and oxygen atoms in total. The van der Waals surface area contributed by atoms with Crippen LogP contribution in [0.2, 0.25) is 0 Å². The minimum Gasteiger partial charge on any atom is -0.367 e. The molecule has 0 aliphatic heterocycles. The number of carbonyl (C=O) groups is 1. The Morgan fingerprint density at radius 3 is 2.58 bits per heavy atom. The maximum absolute atomic E-state index is 11.0. The molecule has 0 aromatic rings. The van der Waals surface area contributed by atoms with Gasteiger partial charge in [0.05, 0.1) is 0 Å². The van der Waals surface area contributed by atoms with Crippen LogP contribution in [0.3, 0.4) is 0 Å². The van der Waals surface area contributed by atoms with Crippen LogP contribution in [0.25, 0.3) is 0 Å². The van der Waals surface area contributed by atoms with E-state index in [0.717, 1.165) is 0 Å². The lowest BCUT2D eigenvalue weighted by Crippen LogP contribution is -2.24. The van der Waals surface area contributed by atoms with E-state index in [2.05, 4.69) is 12.1 Å². The van der Waals surface area contributed by atoms with Crippen LogP contribution < -0.4 is 5.48 Å². The largest absolute Gasteiger partial charge is 0.367 e. The molecule has 0 rings (SSSR count). The number of hydrogen-bond acceptors (Lipinski definition) is 3. The second kappa shape index (κ2) is 5.77. The van der Waals surface area contributed by atoms with E-state index in [1.165, 1.54) is 0 Å².